The Balaban J connectivity index is 0.944. The number of hydrogen-bond donors (Lipinski definition) is 2. The van der Waals surface area contributed by atoms with E-state index in [1.165, 1.54) is 12.7 Å². The van der Waals surface area contributed by atoms with E-state index in [4.69, 9.17) is 44.2 Å². The van der Waals surface area contributed by atoms with E-state index in [2.05, 4.69) is 54.6 Å². The summed E-state index contributed by atoms with van der Waals surface area (Å²) in [4.78, 5) is 39.4. The number of ether oxygens (including phenoxy) is 6. The molecular weight excluding hydrogens is 825 g/mol. The van der Waals surface area contributed by atoms with Crippen LogP contribution in [0.1, 0.15) is 90.8 Å². The van der Waals surface area contributed by atoms with Crippen molar-refractivity contribution in [2.45, 2.75) is 76.6 Å². The van der Waals surface area contributed by atoms with Gasteiger partial charge in [-0.25, -0.2) is 0 Å². The normalized spacial score (nSPS) is 17.1. The van der Waals surface area contributed by atoms with Crippen LogP contribution >= 0.6 is 0 Å². The van der Waals surface area contributed by atoms with Crippen LogP contribution in [0.15, 0.2) is 95.2 Å². The summed E-state index contributed by atoms with van der Waals surface area (Å²) in [5.41, 5.74) is 9.45. The molecule has 0 aromatic heterocycles. The lowest BCUT2D eigenvalue weighted by molar-refractivity contribution is -0.0295. The standard InChI is InChI=1S/C51H60N6O8/c1-50(2,55-52)18-21-65-51(3,4)38-14-10-33(11-15-38)35-22-39(56(5)30-35)28-53-43-26-47(45(61-7)24-37(43)32-58)63-19-9-20-64-48-27-44-42(25-46(48)62-8)49(59)57-31-36(23-40(57)29-54-44)34-12-16-41(60-6)17-13-34/h10-17,24-32,39-40,55H,9,18-23,52H2,1-8H3/b53-28-. The van der Waals surface area contributed by atoms with Crippen molar-refractivity contribution in [3.05, 3.63) is 113 Å². The van der Waals surface area contributed by atoms with Gasteiger partial charge < -0.3 is 38.2 Å². The maximum atomic E-state index is 13.8. The van der Waals surface area contributed by atoms with Crippen molar-refractivity contribution in [3.8, 4) is 28.7 Å². The molecule has 7 rings (SSSR count). The fourth-order valence-electron chi connectivity index (χ4n) is 7.93. The zero-order valence-electron chi connectivity index (χ0n) is 38.6. The van der Waals surface area contributed by atoms with E-state index in [1.54, 1.807) is 43.4 Å². The van der Waals surface area contributed by atoms with Gasteiger partial charge >= 0.3 is 0 Å². The zero-order chi connectivity index (χ0) is 46.3. The lowest BCUT2D eigenvalue weighted by Gasteiger charge is -2.29. The average molecular weight is 885 g/mol. The number of benzene rings is 4. The lowest BCUT2D eigenvalue weighted by Crippen LogP contribution is -2.45. The zero-order valence-corrected chi connectivity index (χ0v) is 38.6. The summed E-state index contributed by atoms with van der Waals surface area (Å²) in [5.74, 6) is 8.04. The van der Waals surface area contributed by atoms with E-state index in [1.807, 2.05) is 63.8 Å². The highest BCUT2D eigenvalue weighted by Gasteiger charge is 2.34. The van der Waals surface area contributed by atoms with Gasteiger partial charge in [0.25, 0.3) is 5.91 Å². The number of nitrogens with zero attached hydrogens (tertiary/aromatic N) is 4. The van der Waals surface area contributed by atoms with Gasteiger partial charge in [0.15, 0.2) is 29.3 Å². The molecule has 0 spiro atoms. The van der Waals surface area contributed by atoms with Gasteiger partial charge in [-0.1, -0.05) is 36.4 Å². The van der Waals surface area contributed by atoms with Gasteiger partial charge in [0.1, 0.15) is 5.75 Å². The molecule has 3 aliphatic heterocycles. The number of methoxy groups -OCH3 is 3. The van der Waals surface area contributed by atoms with Crippen LogP contribution in [-0.2, 0) is 10.3 Å². The Morgan fingerprint density at radius 3 is 2.11 bits per heavy atom. The number of carbonyl (C=O) groups is 2. The number of hydrogen-bond acceptors (Lipinski definition) is 13. The van der Waals surface area contributed by atoms with Gasteiger partial charge in [-0.2, -0.15) is 0 Å². The third-order valence-corrected chi connectivity index (χ3v) is 12.1. The van der Waals surface area contributed by atoms with Crippen LogP contribution in [0.4, 0.5) is 11.4 Å². The first-order valence-corrected chi connectivity index (χ1v) is 21.8. The lowest BCUT2D eigenvalue weighted by atomic mass is 9.94. The number of rotatable bonds is 20. The number of amides is 1. The van der Waals surface area contributed by atoms with Gasteiger partial charge in [0, 0.05) is 74.6 Å². The molecule has 0 aliphatic carbocycles. The minimum Gasteiger partial charge on any atom is -0.497 e. The molecule has 0 saturated carbocycles. The highest BCUT2D eigenvalue weighted by molar-refractivity contribution is 6.05. The van der Waals surface area contributed by atoms with Crippen molar-refractivity contribution in [1.29, 1.82) is 0 Å². The Hall–Kier alpha value is -6.48. The summed E-state index contributed by atoms with van der Waals surface area (Å²) >= 11 is 0. The molecule has 4 aromatic rings. The second-order valence-electron chi connectivity index (χ2n) is 17.5. The van der Waals surface area contributed by atoms with E-state index in [-0.39, 0.29) is 30.1 Å². The van der Waals surface area contributed by atoms with Gasteiger partial charge in [-0.05, 0) is 92.6 Å². The smallest absolute Gasteiger partial charge is 0.260 e. The number of hydrazine groups is 1. The van der Waals surface area contributed by atoms with Gasteiger partial charge in [0.2, 0.25) is 0 Å². The summed E-state index contributed by atoms with van der Waals surface area (Å²) < 4.78 is 35.2. The molecule has 14 nitrogen and oxygen atoms in total. The summed E-state index contributed by atoms with van der Waals surface area (Å²) in [5, 5.41) is 0. The highest BCUT2D eigenvalue weighted by atomic mass is 16.5. The van der Waals surface area contributed by atoms with Crippen LogP contribution < -0.4 is 35.0 Å². The van der Waals surface area contributed by atoms with Gasteiger partial charge in [-0.15, -0.1) is 0 Å². The Kier molecular flexibility index (Phi) is 14.4. The second kappa shape index (κ2) is 20.1. The van der Waals surface area contributed by atoms with Crippen LogP contribution in [0, 0.1) is 0 Å². The minimum atomic E-state index is -0.456. The molecule has 2 unspecified atom stereocenters. The number of nitrogens with two attached hydrogens (primary N) is 1. The van der Waals surface area contributed by atoms with E-state index >= 15 is 0 Å². The van der Waals surface area contributed by atoms with Crippen LogP contribution in [0.2, 0.25) is 0 Å². The molecule has 0 saturated heterocycles. The molecule has 342 valence electrons. The Morgan fingerprint density at radius 1 is 0.815 bits per heavy atom. The van der Waals surface area contributed by atoms with Crippen molar-refractivity contribution in [3.63, 3.8) is 0 Å². The highest BCUT2D eigenvalue weighted by Crippen LogP contribution is 2.41. The summed E-state index contributed by atoms with van der Waals surface area (Å²) in [6, 6.07) is 22.9. The summed E-state index contributed by atoms with van der Waals surface area (Å²) in [7, 11) is 6.73. The van der Waals surface area contributed by atoms with E-state index in [9.17, 15) is 9.59 Å². The molecule has 0 fully saturated rings. The van der Waals surface area contributed by atoms with Crippen molar-refractivity contribution in [2.75, 3.05) is 48.2 Å². The molecule has 2 atom stereocenters. The predicted octanol–water partition coefficient (Wildman–Crippen LogP) is 8.68. The molecular formula is C51H60N6O8. The number of aliphatic imine (C=N–C) groups is 2. The fourth-order valence-corrected chi connectivity index (χ4v) is 7.93. The first kappa shape index (κ1) is 46.5. The predicted molar refractivity (Wildman–Crippen MR) is 254 cm³/mol. The van der Waals surface area contributed by atoms with Crippen LogP contribution in [0.3, 0.4) is 0 Å². The SMILES string of the molecule is COc1ccc(C2=CN3C(=O)c4cc(OC)c(OCCCOc5cc(/N=C\C6CC(c7ccc(C(C)(C)OCCC(C)(C)NN)cc7)=CN6C)c(C=O)cc5OC)cc4N=CC3C2)cc1. The second-order valence-corrected chi connectivity index (χ2v) is 17.5. The first-order valence-electron chi connectivity index (χ1n) is 21.8. The van der Waals surface area contributed by atoms with E-state index in [0.29, 0.717) is 71.6 Å². The molecule has 3 heterocycles. The average Bonchev–Trinajstić information content (AvgIpc) is 3.89. The third-order valence-electron chi connectivity index (χ3n) is 12.1. The molecule has 3 N–H and O–H groups in total. The molecule has 65 heavy (non-hydrogen) atoms. The molecule has 3 aliphatic rings. The van der Waals surface area contributed by atoms with Gasteiger partial charge in [-0.3, -0.25) is 30.8 Å². The topological polar surface area (TPSA) is 159 Å². The fraction of sp³-hybridized carbons (Fsp3) is 0.373. The van der Waals surface area contributed by atoms with E-state index < -0.39 is 5.60 Å². The van der Waals surface area contributed by atoms with E-state index in [0.717, 1.165) is 47.1 Å². The van der Waals surface area contributed by atoms with Crippen LogP contribution in [0.5, 0.6) is 28.7 Å². The molecule has 14 heteroatoms. The van der Waals surface area contributed by atoms with Crippen molar-refractivity contribution in [1.82, 2.24) is 15.2 Å². The van der Waals surface area contributed by atoms with Crippen LogP contribution in [0.25, 0.3) is 11.1 Å². The molecule has 4 aromatic carbocycles. The first-order chi connectivity index (χ1) is 31.3. The number of aldehydes is 1. The maximum Gasteiger partial charge on any atom is 0.260 e. The molecule has 1 amide bonds. The largest absolute Gasteiger partial charge is 0.497 e. The van der Waals surface area contributed by atoms with Crippen molar-refractivity contribution in [2.24, 2.45) is 15.8 Å². The summed E-state index contributed by atoms with van der Waals surface area (Å²) in [6.45, 7) is 9.40. The number of carbonyl (C=O) groups excluding carboxylic acids is 2. The Labute approximate surface area is 381 Å². The Bertz CT molecular complexity index is 2480. The number of fused-ring (bicyclic) bond motifs is 2. The minimum absolute atomic E-state index is 0.0206. The van der Waals surface area contributed by atoms with Crippen LogP contribution in [-0.4, -0.2) is 100 Å². The maximum absolute atomic E-state index is 13.8. The quantitative estimate of drug-likeness (QED) is 0.0288. The number of nitrogens with one attached hydrogen (secondary N) is 1. The van der Waals surface area contributed by atoms with Gasteiger partial charge in [0.05, 0.1) is 69.2 Å². The molecule has 0 radical (unpaired) electrons. The van der Waals surface area contributed by atoms with Crippen molar-refractivity contribution < 1.29 is 38.0 Å². The monoisotopic (exact) mass is 884 g/mol. The summed E-state index contributed by atoms with van der Waals surface area (Å²) in [6.07, 6.45) is 11.2. The third kappa shape index (κ3) is 10.7. The Morgan fingerprint density at radius 2 is 1.46 bits per heavy atom. The molecule has 0 bridgehead atoms. The van der Waals surface area contributed by atoms with Crippen molar-refractivity contribution >= 4 is 47.1 Å².